The van der Waals surface area contributed by atoms with E-state index in [0.717, 1.165) is 11.1 Å². The number of fused-ring (bicyclic) bond motifs is 1. The standard InChI is InChI=1S/C28H30N2O6/c1-19-24(34-2)16-22(17-25(19)35-3)28(33,36-15-12-20-8-5-4-6-9-20)13-14-30-26-21(18-29-30)10-7-11-23(26)27(31)32/h4-11,16-18,33H,12-15H2,1-3H3,(H,31,32). The van der Waals surface area contributed by atoms with Gasteiger partial charge in [0, 0.05) is 29.5 Å². The molecule has 2 N–H and O–H groups in total. The monoisotopic (exact) mass is 490 g/mol. The molecule has 0 aliphatic rings. The van der Waals surface area contributed by atoms with Gasteiger partial charge >= 0.3 is 5.97 Å². The highest BCUT2D eigenvalue weighted by molar-refractivity contribution is 6.01. The average molecular weight is 491 g/mol. The molecule has 0 fully saturated rings. The fraction of sp³-hybridized carbons (Fsp3) is 0.286. The van der Waals surface area contributed by atoms with Gasteiger partial charge in [-0.2, -0.15) is 5.10 Å². The number of aryl methyl sites for hydroxylation is 1. The van der Waals surface area contributed by atoms with E-state index < -0.39 is 11.8 Å². The minimum Gasteiger partial charge on any atom is -0.496 e. The Morgan fingerprint density at radius 3 is 2.36 bits per heavy atom. The summed E-state index contributed by atoms with van der Waals surface area (Å²) in [6.45, 7) is 2.35. The van der Waals surface area contributed by atoms with E-state index in [4.69, 9.17) is 14.2 Å². The van der Waals surface area contributed by atoms with E-state index in [1.807, 2.05) is 43.3 Å². The van der Waals surface area contributed by atoms with Gasteiger partial charge in [-0.25, -0.2) is 4.79 Å². The fourth-order valence-corrected chi connectivity index (χ4v) is 4.34. The van der Waals surface area contributed by atoms with E-state index in [2.05, 4.69) is 5.10 Å². The smallest absolute Gasteiger partial charge is 0.337 e. The molecule has 0 saturated heterocycles. The molecule has 36 heavy (non-hydrogen) atoms. The zero-order chi connectivity index (χ0) is 25.7. The minimum atomic E-state index is -1.71. The van der Waals surface area contributed by atoms with Crippen molar-refractivity contribution < 1.29 is 29.2 Å². The number of carboxylic acids is 1. The van der Waals surface area contributed by atoms with E-state index in [0.29, 0.717) is 34.4 Å². The van der Waals surface area contributed by atoms with Crippen molar-refractivity contribution in [3.63, 3.8) is 0 Å². The summed E-state index contributed by atoms with van der Waals surface area (Å²) in [5.74, 6) is -1.62. The number of nitrogens with zero attached hydrogens (tertiary/aromatic N) is 2. The highest BCUT2D eigenvalue weighted by Crippen LogP contribution is 2.37. The molecule has 4 aromatic rings. The zero-order valence-electron chi connectivity index (χ0n) is 20.6. The number of aromatic nitrogens is 2. The maximum atomic E-state index is 11.9. The second-order valence-corrected chi connectivity index (χ2v) is 8.54. The second kappa shape index (κ2) is 10.8. The largest absolute Gasteiger partial charge is 0.496 e. The number of ether oxygens (including phenoxy) is 3. The molecule has 0 saturated carbocycles. The molecule has 1 atom stereocenters. The van der Waals surface area contributed by atoms with E-state index in [9.17, 15) is 15.0 Å². The van der Waals surface area contributed by atoms with Gasteiger partial charge in [0.15, 0.2) is 5.79 Å². The van der Waals surface area contributed by atoms with Crippen LogP contribution >= 0.6 is 0 Å². The van der Waals surface area contributed by atoms with Gasteiger partial charge < -0.3 is 24.4 Å². The summed E-state index contributed by atoms with van der Waals surface area (Å²) in [7, 11) is 3.12. The van der Waals surface area contributed by atoms with Crippen LogP contribution < -0.4 is 9.47 Å². The van der Waals surface area contributed by atoms with Gasteiger partial charge in [-0.3, -0.25) is 4.68 Å². The van der Waals surface area contributed by atoms with Crippen LogP contribution in [0.25, 0.3) is 10.9 Å². The van der Waals surface area contributed by atoms with Gasteiger partial charge in [0.05, 0.1) is 38.1 Å². The summed E-state index contributed by atoms with van der Waals surface area (Å²) in [4.78, 5) is 11.8. The number of para-hydroxylation sites is 1. The number of aliphatic hydroxyl groups is 1. The second-order valence-electron chi connectivity index (χ2n) is 8.54. The number of hydrogen-bond donors (Lipinski definition) is 2. The molecule has 0 bridgehead atoms. The van der Waals surface area contributed by atoms with Crippen LogP contribution in [0.4, 0.5) is 0 Å². The third kappa shape index (κ3) is 5.19. The Balaban J connectivity index is 1.67. The number of carboxylic acid groups (broad SMARTS) is 1. The molecule has 1 aromatic heterocycles. The average Bonchev–Trinajstić information content (AvgIpc) is 3.31. The van der Waals surface area contributed by atoms with E-state index in [-0.39, 0.29) is 25.1 Å². The Labute approximate surface area is 209 Å². The summed E-state index contributed by atoms with van der Waals surface area (Å²) in [6.07, 6.45) is 2.34. The van der Waals surface area contributed by atoms with E-state index >= 15 is 0 Å². The SMILES string of the molecule is COc1cc(C(O)(CCn2ncc3cccc(C(=O)O)c32)OCCc2ccccc2)cc(OC)c1C. The lowest BCUT2D eigenvalue weighted by atomic mass is 9.99. The minimum absolute atomic E-state index is 0.113. The van der Waals surface area contributed by atoms with Crippen LogP contribution in [-0.2, 0) is 23.5 Å². The highest BCUT2D eigenvalue weighted by Gasteiger charge is 2.33. The van der Waals surface area contributed by atoms with Crippen LogP contribution in [0, 0.1) is 6.92 Å². The molecule has 188 valence electrons. The van der Waals surface area contributed by atoms with Gasteiger partial charge in [0.25, 0.3) is 0 Å². The van der Waals surface area contributed by atoms with Gasteiger partial charge in [-0.1, -0.05) is 42.5 Å². The highest BCUT2D eigenvalue weighted by atomic mass is 16.6. The quantitative estimate of drug-likeness (QED) is 0.297. The third-order valence-corrected chi connectivity index (χ3v) is 6.33. The first-order valence-corrected chi connectivity index (χ1v) is 11.7. The summed E-state index contributed by atoms with van der Waals surface area (Å²) >= 11 is 0. The van der Waals surface area contributed by atoms with Crippen LogP contribution in [0.1, 0.15) is 33.5 Å². The Hall–Kier alpha value is -3.88. The van der Waals surface area contributed by atoms with Crippen molar-refractivity contribution in [1.82, 2.24) is 9.78 Å². The summed E-state index contributed by atoms with van der Waals surface area (Å²) < 4.78 is 18.8. The maximum absolute atomic E-state index is 11.9. The van der Waals surface area contributed by atoms with Gasteiger partial charge in [-0.15, -0.1) is 0 Å². The Bertz CT molecular complexity index is 1330. The molecule has 0 aliphatic heterocycles. The van der Waals surface area contributed by atoms with Gasteiger partial charge in [-0.05, 0) is 37.1 Å². The molecular weight excluding hydrogens is 460 g/mol. The van der Waals surface area contributed by atoms with Crippen LogP contribution in [0.3, 0.4) is 0 Å². The van der Waals surface area contributed by atoms with Gasteiger partial charge in [0.1, 0.15) is 11.5 Å². The van der Waals surface area contributed by atoms with Crippen LogP contribution in [0.15, 0.2) is 66.9 Å². The lowest BCUT2D eigenvalue weighted by Gasteiger charge is -2.30. The molecule has 1 unspecified atom stereocenters. The van der Waals surface area contributed by atoms with Crippen molar-refractivity contribution >= 4 is 16.9 Å². The molecule has 8 nitrogen and oxygen atoms in total. The number of benzene rings is 3. The first-order chi connectivity index (χ1) is 17.4. The molecule has 0 spiro atoms. The summed E-state index contributed by atoms with van der Waals surface area (Å²) in [5, 5.41) is 26.6. The molecule has 0 aliphatic carbocycles. The van der Waals surface area contributed by atoms with Gasteiger partial charge in [0.2, 0.25) is 0 Å². The van der Waals surface area contributed by atoms with Crippen molar-refractivity contribution in [2.45, 2.75) is 32.1 Å². The molecule has 1 heterocycles. The zero-order valence-corrected chi connectivity index (χ0v) is 20.6. The third-order valence-electron chi connectivity index (χ3n) is 6.33. The van der Waals surface area contributed by atoms with E-state index in [1.165, 1.54) is 0 Å². The van der Waals surface area contributed by atoms with Crippen molar-refractivity contribution in [1.29, 1.82) is 0 Å². The lowest BCUT2D eigenvalue weighted by molar-refractivity contribution is -0.218. The first kappa shape index (κ1) is 25.2. The summed E-state index contributed by atoms with van der Waals surface area (Å²) in [5.41, 5.74) is 3.01. The molecular formula is C28H30N2O6. The Kier molecular flexibility index (Phi) is 7.57. The molecule has 0 radical (unpaired) electrons. The van der Waals surface area contributed by atoms with Crippen LogP contribution in [0.5, 0.6) is 11.5 Å². The first-order valence-electron chi connectivity index (χ1n) is 11.7. The number of aromatic carboxylic acids is 1. The molecule has 0 amide bonds. The topological polar surface area (TPSA) is 103 Å². The molecule has 8 heteroatoms. The maximum Gasteiger partial charge on any atom is 0.337 e. The Morgan fingerprint density at radius 1 is 1.03 bits per heavy atom. The molecule has 3 aromatic carbocycles. The predicted octanol–water partition coefficient (Wildman–Crippen LogP) is 4.55. The lowest BCUT2D eigenvalue weighted by Crippen LogP contribution is -2.32. The molecule has 4 rings (SSSR count). The van der Waals surface area contributed by atoms with E-state index in [1.54, 1.807) is 49.4 Å². The summed E-state index contributed by atoms with van der Waals surface area (Å²) in [6, 6.07) is 18.4. The fourth-order valence-electron chi connectivity index (χ4n) is 4.34. The normalized spacial score (nSPS) is 12.9. The van der Waals surface area contributed by atoms with Crippen LogP contribution in [0.2, 0.25) is 0 Å². The van der Waals surface area contributed by atoms with Crippen molar-refractivity contribution in [2.75, 3.05) is 20.8 Å². The Morgan fingerprint density at radius 2 is 1.72 bits per heavy atom. The number of rotatable bonds is 11. The van der Waals surface area contributed by atoms with Crippen molar-refractivity contribution in [2.24, 2.45) is 0 Å². The predicted molar refractivity (Wildman–Crippen MR) is 136 cm³/mol. The number of methoxy groups -OCH3 is 2. The number of hydrogen-bond acceptors (Lipinski definition) is 6. The van der Waals surface area contributed by atoms with Crippen molar-refractivity contribution in [3.05, 3.63) is 89.1 Å². The van der Waals surface area contributed by atoms with Crippen molar-refractivity contribution in [3.8, 4) is 11.5 Å². The van der Waals surface area contributed by atoms with Crippen LogP contribution in [-0.4, -0.2) is 46.8 Å². The number of carbonyl (C=O) groups is 1.